The SMILES string of the molecule is CC(C)C[C@@H](CC(=O)OC(C)(C)C)C(=O)O. The zero-order valence-corrected chi connectivity index (χ0v) is 10.7. The van der Waals surface area contributed by atoms with Gasteiger partial charge in [-0.2, -0.15) is 0 Å². The zero-order valence-electron chi connectivity index (χ0n) is 10.7. The van der Waals surface area contributed by atoms with Gasteiger partial charge >= 0.3 is 11.9 Å². The van der Waals surface area contributed by atoms with Crippen LogP contribution in [0.5, 0.6) is 0 Å². The minimum absolute atomic E-state index is 0.0508. The van der Waals surface area contributed by atoms with Crippen molar-refractivity contribution < 1.29 is 19.4 Å². The van der Waals surface area contributed by atoms with Crippen LogP contribution < -0.4 is 0 Å². The Morgan fingerprint density at radius 2 is 1.75 bits per heavy atom. The van der Waals surface area contributed by atoms with E-state index >= 15 is 0 Å². The first-order chi connectivity index (χ1) is 7.11. The van der Waals surface area contributed by atoms with Crippen LogP contribution in [-0.2, 0) is 14.3 Å². The van der Waals surface area contributed by atoms with Gasteiger partial charge in [-0.25, -0.2) is 0 Å². The van der Waals surface area contributed by atoms with Gasteiger partial charge in [0.15, 0.2) is 0 Å². The van der Waals surface area contributed by atoms with Crippen molar-refractivity contribution in [3.8, 4) is 0 Å². The molecule has 94 valence electrons. The molecule has 0 aromatic heterocycles. The average Bonchev–Trinajstić information content (AvgIpc) is 1.97. The van der Waals surface area contributed by atoms with Crippen molar-refractivity contribution in [2.24, 2.45) is 11.8 Å². The highest BCUT2D eigenvalue weighted by atomic mass is 16.6. The predicted octanol–water partition coefficient (Wildman–Crippen LogP) is 2.47. The number of rotatable bonds is 5. The van der Waals surface area contributed by atoms with Crippen LogP contribution in [0, 0.1) is 11.8 Å². The van der Waals surface area contributed by atoms with Gasteiger partial charge in [-0.05, 0) is 33.1 Å². The molecule has 0 saturated heterocycles. The van der Waals surface area contributed by atoms with E-state index in [1.165, 1.54) is 0 Å². The van der Waals surface area contributed by atoms with Crippen LogP contribution in [0.4, 0.5) is 0 Å². The summed E-state index contributed by atoms with van der Waals surface area (Å²) in [5.74, 6) is -1.77. The summed E-state index contributed by atoms with van der Waals surface area (Å²) in [6, 6.07) is 0. The van der Waals surface area contributed by atoms with Crippen molar-refractivity contribution in [2.75, 3.05) is 0 Å². The Kier molecular flexibility index (Phi) is 5.48. The lowest BCUT2D eigenvalue weighted by Gasteiger charge is -2.21. The van der Waals surface area contributed by atoms with Gasteiger partial charge in [-0.1, -0.05) is 13.8 Å². The van der Waals surface area contributed by atoms with Crippen molar-refractivity contribution in [1.82, 2.24) is 0 Å². The molecule has 0 unspecified atom stereocenters. The van der Waals surface area contributed by atoms with Crippen molar-refractivity contribution in [1.29, 1.82) is 0 Å². The molecule has 0 spiro atoms. The Labute approximate surface area is 97.0 Å². The molecule has 0 aromatic rings. The lowest BCUT2D eigenvalue weighted by Crippen LogP contribution is -2.27. The fourth-order valence-electron chi connectivity index (χ4n) is 1.42. The number of carboxylic acids is 1. The van der Waals surface area contributed by atoms with E-state index in [9.17, 15) is 9.59 Å². The number of aliphatic carboxylic acids is 1. The summed E-state index contributed by atoms with van der Waals surface area (Å²) in [4.78, 5) is 22.4. The largest absolute Gasteiger partial charge is 0.481 e. The molecule has 0 amide bonds. The van der Waals surface area contributed by atoms with E-state index in [-0.39, 0.29) is 12.3 Å². The van der Waals surface area contributed by atoms with Crippen molar-refractivity contribution >= 4 is 11.9 Å². The fourth-order valence-corrected chi connectivity index (χ4v) is 1.42. The second-order valence-corrected chi connectivity index (χ2v) is 5.46. The first kappa shape index (κ1) is 14.9. The number of carboxylic acid groups (broad SMARTS) is 1. The molecule has 4 nitrogen and oxygen atoms in total. The molecule has 0 aliphatic rings. The van der Waals surface area contributed by atoms with Crippen LogP contribution in [0.1, 0.15) is 47.5 Å². The van der Waals surface area contributed by atoms with Crippen molar-refractivity contribution in [2.45, 2.75) is 53.1 Å². The lowest BCUT2D eigenvalue weighted by molar-refractivity contribution is -0.160. The molecule has 4 heteroatoms. The van der Waals surface area contributed by atoms with Crippen LogP contribution in [0.3, 0.4) is 0 Å². The Balaban J connectivity index is 4.30. The van der Waals surface area contributed by atoms with Gasteiger partial charge in [0, 0.05) is 0 Å². The van der Waals surface area contributed by atoms with Crippen LogP contribution in [0.15, 0.2) is 0 Å². The lowest BCUT2D eigenvalue weighted by atomic mass is 9.94. The van der Waals surface area contributed by atoms with Crippen LogP contribution in [0.2, 0.25) is 0 Å². The molecule has 0 aliphatic carbocycles. The number of hydrogen-bond donors (Lipinski definition) is 1. The molecule has 0 heterocycles. The summed E-state index contributed by atoms with van der Waals surface area (Å²) in [6.45, 7) is 9.17. The van der Waals surface area contributed by atoms with E-state index in [0.29, 0.717) is 6.42 Å². The van der Waals surface area contributed by atoms with E-state index in [1.54, 1.807) is 20.8 Å². The third-order valence-corrected chi connectivity index (χ3v) is 1.94. The smallest absolute Gasteiger partial charge is 0.307 e. The standard InChI is InChI=1S/C12H22O4/c1-8(2)6-9(11(14)15)7-10(13)16-12(3,4)5/h8-9H,6-7H2,1-5H3,(H,14,15)/t9-/m0/s1. The van der Waals surface area contributed by atoms with Gasteiger partial charge in [0.2, 0.25) is 0 Å². The number of carbonyl (C=O) groups excluding carboxylic acids is 1. The van der Waals surface area contributed by atoms with Crippen LogP contribution in [-0.4, -0.2) is 22.6 Å². The first-order valence-corrected chi connectivity index (χ1v) is 5.56. The monoisotopic (exact) mass is 230 g/mol. The molecule has 0 radical (unpaired) electrons. The van der Waals surface area contributed by atoms with Crippen LogP contribution >= 0.6 is 0 Å². The number of ether oxygens (including phenoxy) is 1. The quantitative estimate of drug-likeness (QED) is 0.737. The molecular weight excluding hydrogens is 208 g/mol. The minimum Gasteiger partial charge on any atom is -0.481 e. The molecule has 0 aliphatic heterocycles. The molecule has 0 saturated carbocycles. The van der Waals surface area contributed by atoms with Gasteiger partial charge in [-0.15, -0.1) is 0 Å². The van der Waals surface area contributed by atoms with Crippen molar-refractivity contribution in [3.63, 3.8) is 0 Å². The molecule has 16 heavy (non-hydrogen) atoms. The summed E-state index contributed by atoms with van der Waals surface area (Å²) in [6.07, 6.45) is 0.444. The molecule has 1 N–H and O–H groups in total. The maximum absolute atomic E-state index is 11.5. The van der Waals surface area contributed by atoms with Gasteiger partial charge in [-0.3, -0.25) is 9.59 Å². The van der Waals surface area contributed by atoms with E-state index < -0.39 is 23.5 Å². The predicted molar refractivity (Wildman–Crippen MR) is 61.0 cm³/mol. The summed E-state index contributed by atoms with van der Waals surface area (Å²) < 4.78 is 5.10. The normalized spacial score (nSPS) is 13.6. The van der Waals surface area contributed by atoms with Crippen LogP contribution in [0.25, 0.3) is 0 Å². The third-order valence-electron chi connectivity index (χ3n) is 1.94. The summed E-state index contributed by atoms with van der Waals surface area (Å²) >= 11 is 0. The van der Waals surface area contributed by atoms with Gasteiger partial charge in [0.05, 0.1) is 12.3 Å². The zero-order chi connectivity index (χ0) is 12.9. The maximum Gasteiger partial charge on any atom is 0.307 e. The number of esters is 1. The first-order valence-electron chi connectivity index (χ1n) is 5.56. The highest BCUT2D eigenvalue weighted by Gasteiger charge is 2.25. The third kappa shape index (κ3) is 7.26. The molecular formula is C12H22O4. The minimum atomic E-state index is -0.931. The highest BCUT2D eigenvalue weighted by molar-refractivity contribution is 5.78. The highest BCUT2D eigenvalue weighted by Crippen LogP contribution is 2.18. The summed E-state index contributed by atoms with van der Waals surface area (Å²) in [5.41, 5.74) is -0.558. The Hall–Kier alpha value is -1.06. The Bertz CT molecular complexity index is 250. The van der Waals surface area contributed by atoms with Gasteiger partial charge in [0.1, 0.15) is 5.60 Å². The molecule has 0 bridgehead atoms. The van der Waals surface area contributed by atoms with E-state index in [0.717, 1.165) is 0 Å². The summed E-state index contributed by atoms with van der Waals surface area (Å²) in [5, 5.41) is 8.96. The second kappa shape index (κ2) is 5.87. The van der Waals surface area contributed by atoms with E-state index in [4.69, 9.17) is 9.84 Å². The average molecular weight is 230 g/mol. The van der Waals surface area contributed by atoms with E-state index in [1.807, 2.05) is 13.8 Å². The maximum atomic E-state index is 11.5. The molecule has 0 rings (SSSR count). The summed E-state index contributed by atoms with van der Waals surface area (Å²) in [7, 11) is 0. The topological polar surface area (TPSA) is 63.6 Å². The number of carbonyl (C=O) groups is 2. The number of hydrogen-bond acceptors (Lipinski definition) is 3. The van der Waals surface area contributed by atoms with E-state index in [2.05, 4.69) is 0 Å². The molecule has 0 fully saturated rings. The Morgan fingerprint density at radius 1 is 1.25 bits per heavy atom. The molecule has 0 aromatic carbocycles. The fraction of sp³-hybridized carbons (Fsp3) is 0.833. The Morgan fingerprint density at radius 3 is 2.06 bits per heavy atom. The van der Waals surface area contributed by atoms with Gasteiger partial charge in [0.25, 0.3) is 0 Å². The molecule has 1 atom stereocenters. The second-order valence-electron chi connectivity index (χ2n) is 5.46. The van der Waals surface area contributed by atoms with Crippen molar-refractivity contribution in [3.05, 3.63) is 0 Å². The van der Waals surface area contributed by atoms with Gasteiger partial charge < -0.3 is 9.84 Å².